The predicted molar refractivity (Wildman–Crippen MR) is 137 cm³/mol. The molecule has 1 aliphatic heterocycles. The van der Waals surface area contributed by atoms with Crippen molar-refractivity contribution in [1.82, 2.24) is 0 Å². The Hall–Kier alpha value is -3.84. The van der Waals surface area contributed by atoms with Gasteiger partial charge in [-0.25, -0.2) is 0 Å². The van der Waals surface area contributed by atoms with Crippen molar-refractivity contribution >= 4 is 44.3 Å². The lowest BCUT2D eigenvalue weighted by Crippen LogP contribution is -2.31. The number of furan rings is 1. The Balaban J connectivity index is 1.65. The minimum absolute atomic E-state index is 0.0395. The molecule has 1 aromatic heterocycles. The van der Waals surface area contributed by atoms with Crippen LogP contribution in [0.1, 0.15) is 34.6 Å². The van der Waals surface area contributed by atoms with Crippen LogP contribution in [0.3, 0.4) is 0 Å². The van der Waals surface area contributed by atoms with Gasteiger partial charge in [0.05, 0.1) is 18.2 Å². The first-order valence-corrected chi connectivity index (χ1v) is 12.0. The third kappa shape index (κ3) is 4.12. The molecular formula is C28H22BrNO5. The van der Waals surface area contributed by atoms with E-state index in [1.807, 2.05) is 50.2 Å². The number of ether oxygens (including phenoxy) is 1. The van der Waals surface area contributed by atoms with Gasteiger partial charge in [-0.2, -0.15) is 0 Å². The fourth-order valence-electron chi connectivity index (χ4n) is 4.32. The average Bonchev–Trinajstić information content (AvgIpc) is 3.38. The summed E-state index contributed by atoms with van der Waals surface area (Å²) in [7, 11) is 0. The lowest BCUT2D eigenvalue weighted by Gasteiger charge is -2.27. The van der Waals surface area contributed by atoms with Crippen molar-refractivity contribution in [2.45, 2.75) is 19.9 Å². The number of aliphatic hydroxyl groups excluding tert-OH is 1. The minimum atomic E-state index is -0.863. The topological polar surface area (TPSA) is 80.0 Å². The lowest BCUT2D eigenvalue weighted by molar-refractivity contribution is -0.117. The van der Waals surface area contributed by atoms with E-state index in [-0.39, 0.29) is 11.3 Å². The molecule has 0 saturated carbocycles. The van der Waals surface area contributed by atoms with E-state index >= 15 is 0 Å². The molecule has 3 aromatic carbocycles. The summed E-state index contributed by atoms with van der Waals surface area (Å²) < 4.78 is 12.3. The van der Waals surface area contributed by atoms with Crippen LogP contribution in [-0.4, -0.2) is 23.4 Å². The Morgan fingerprint density at radius 2 is 1.86 bits per heavy atom. The molecule has 7 heteroatoms. The van der Waals surface area contributed by atoms with E-state index in [2.05, 4.69) is 15.9 Å². The molecule has 1 unspecified atom stereocenters. The summed E-state index contributed by atoms with van der Waals surface area (Å²) in [5.74, 6) is -1.14. The second kappa shape index (κ2) is 9.07. The predicted octanol–water partition coefficient (Wildman–Crippen LogP) is 6.69. The number of Topliss-reactive ketones (excluding diaryl/α,β-unsaturated/α-hetero) is 1. The molecule has 0 bridgehead atoms. The molecule has 0 fully saturated rings. The van der Waals surface area contributed by atoms with Gasteiger partial charge >= 0.3 is 0 Å². The Bertz CT molecular complexity index is 1490. The van der Waals surface area contributed by atoms with Crippen molar-refractivity contribution < 1.29 is 23.8 Å². The van der Waals surface area contributed by atoms with Crippen LogP contribution in [0.25, 0.3) is 11.0 Å². The number of carbonyl (C=O) groups excluding carboxylic acids is 2. The van der Waals surface area contributed by atoms with E-state index in [4.69, 9.17) is 9.15 Å². The Labute approximate surface area is 210 Å². The third-order valence-electron chi connectivity index (χ3n) is 5.95. The van der Waals surface area contributed by atoms with Crippen molar-refractivity contribution in [3.05, 3.63) is 105 Å². The molecule has 1 aliphatic rings. The normalized spacial score (nSPS) is 15.8. The molecule has 1 amide bonds. The van der Waals surface area contributed by atoms with E-state index < -0.39 is 23.5 Å². The van der Waals surface area contributed by atoms with Gasteiger partial charge in [-0.1, -0.05) is 45.8 Å². The van der Waals surface area contributed by atoms with Crippen LogP contribution in [0.4, 0.5) is 5.69 Å². The quantitative estimate of drug-likeness (QED) is 0.280. The van der Waals surface area contributed by atoms with Gasteiger partial charge in [0.2, 0.25) is 5.78 Å². The number of benzene rings is 3. The summed E-state index contributed by atoms with van der Waals surface area (Å²) >= 11 is 3.42. The second-order valence-corrected chi connectivity index (χ2v) is 9.22. The van der Waals surface area contributed by atoms with Crippen LogP contribution < -0.4 is 9.64 Å². The maximum Gasteiger partial charge on any atom is 0.294 e. The first kappa shape index (κ1) is 22.9. The number of carbonyl (C=O) groups is 2. The van der Waals surface area contributed by atoms with E-state index in [0.717, 1.165) is 15.4 Å². The fraction of sp³-hybridized carbons (Fsp3) is 0.143. The molecule has 2 heterocycles. The summed E-state index contributed by atoms with van der Waals surface area (Å²) in [6.07, 6.45) is 0. The number of rotatable bonds is 6. The smallest absolute Gasteiger partial charge is 0.294 e. The molecule has 6 nitrogen and oxygen atoms in total. The zero-order valence-electron chi connectivity index (χ0n) is 19.1. The number of aryl methyl sites for hydroxylation is 1. The molecule has 1 atom stereocenters. The van der Waals surface area contributed by atoms with Crippen LogP contribution in [0.15, 0.2) is 93.0 Å². The summed E-state index contributed by atoms with van der Waals surface area (Å²) in [5, 5.41) is 11.7. The van der Waals surface area contributed by atoms with Gasteiger partial charge in [-0.05, 0) is 67.9 Å². The Kier molecular flexibility index (Phi) is 5.94. The lowest BCUT2D eigenvalue weighted by atomic mass is 9.94. The van der Waals surface area contributed by atoms with E-state index in [0.29, 0.717) is 29.2 Å². The van der Waals surface area contributed by atoms with Crippen LogP contribution in [0, 0.1) is 6.92 Å². The maximum atomic E-state index is 13.7. The highest BCUT2D eigenvalue weighted by Crippen LogP contribution is 2.43. The van der Waals surface area contributed by atoms with Crippen LogP contribution >= 0.6 is 15.9 Å². The van der Waals surface area contributed by atoms with Crippen molar-refractivity contribution in [3.63, 3.8) is 0 Å². The van der Waals surface area contributed by atoms with E-state index in [1.54, 1.807) is 36.4 Å². The third-order valence-corrected chi connectivity index (χ3v) is 6.45. The zero-order valence-corrected chi connectivity index (χ0v) is 20.7. The van der Waals surface area contributed by atoms with Crippen molar-refractivity contribution in [1.29, 1.82) is 0 Å². The Morgan fingerprint density at radius 1 is 1.09 bits per heavy atom. The number of hydrogen-bond donors (Lipinski definition) is 1. The average molecular weight is 532 g/mol. The first-order valence-electron chi connectivity index (χ1n) is 11.2. The van der Waals surface area contributed by atoms with Gasteiger partial charge < -0.3 is 14.3 Å². The minimum Gasteiger partial charge on any atom is -0.503 e. The van der Waals surface area contributed by atoms with Crippen LogP contribution in [0.5, 0.6) is 5.75 Å². The fourth-order valence-corrected chi connectivity index (χ4v) is 4.70. The van der Waals surface area contributed by atoms with Crippen molar-refractivity contribution in [2.24, 2.45) is 0 Å². The number of nitrogens with zero attached hydrogens (tertiary/aromatic N) is 1. The second-order valence-electron chi connectivity index (χ2n) is 8.30. The monoisotopic (exact) mass is 531 g/mol. The van der Waals surface area contributed by atoms with Gasteiger partial charge in [0, 0.05) is 15.5 Å². The Morgan fingerprint density at radius 3 is 2.60 bits per heavy atom. The van der Waals surface area contributed by atoms with Crippen molar-refractivity contribution in [3.8, 4) is 5.75 Å². The summed E-state index contributed by atoms with van der Waals surface area (Å²) in [4.78, 5) is 28.5. The highest BCUT2D eigenvalue weighted by atomic mass is 79.9. The molecule has 0 spiro atoms. The molecular weight excluding hydrogens is 510 g/mol. The number of hydrogen-bond acceptors (Lipinski definition) is 5. The molecule has 0 aliphatic carbocycles. The summed E-state index contributed by atoms with van der Waals surface area (Å²) in [5.41, 5.74) is 2.72. The zero-order chi connectivity index (χ0) is 24.7. The van der Waals surface area contributed by atoms with E-state index in [1.165, 1.54) is 4.90 Å². The number of aliphatic hydroxyl groups is 1. The van der Waals surface area contributed by atoms with Gasteiger partial charge in [-0.3, -0.25) is 14.5 Å². The van der Waals surface area contributed by atoms with Gasteiger partial charge in [0.15, 0.2) is 11.5 Å². The van der Waals surface area contributed by atoms with E-state index in [9.17, 15) is 14.7 Å². The molecule has 0 saturated heterocycles. The standard InChI is InChI=1S/C28H22BrNO5/c1-3-34-21-6-4-5-17(14-21)25-24(26(31)23-15-18-13-19(29)9-12-22(18)35-23)27(32)28(33)30(25)20-10-7-16(2)8-11-20/h4-15,25,32H,3H2,1-2H3. The first-order chi connectivity index (χ1) is 16.9. The number of halogens is 1. The summed E-state index contributed by atoms with van der Waals surface area (Å²) in [6, 6.07) is 20.7. The number of anilines is 1. The molecule has 5 rings (SSSR count). The SMILES string of the molecule is CCOc1cccc(C2C(C(=O)c3cc4cc(Br)ccc4o3)=C(O)C(=O)N2c2ccc(C)cc2)c1. The van der Waals surface area contributed by atoms with Crippen molar-refractivity contribution in [2.75, 3.05) is 11.5 Å². The van der Waals surface area contributed by atoms with Crippen LogP contribution in [-0.2, 0) is 4.79 Å². The number of ketones is 1. The highest BCUT2D eigenvalue weighted by molar-refractivity contribution is 9.10. The van der Waals surface area contributed by atoms with Crippen LogP contribution in [0.2, 0.25) is 0 Å². The van der Waals surface area contributed by atoms with Gasteiger partial charge in [0.1, 0.15) is 11.3 Å². The molecule has 0 radical (unpaired) electrons. The van der Waals surface area contributed by atoms with Gasteiger partial charge in [-0.15, -0.1) is 0 Å². The number of fused-ring (bicyclic) bond motifs is 1. The summed E-state index contributed by atoms with van der Waals surface area (Å²) in [6.45, 7) is 4.30. The molecule has 35 heavy (non-hydrogen) atoms. The largest absolute Gasteiger partial charge is 0.503 e. The molecule has 176 valence electrons. The highest BCUT2D eigenvalue weighted by Gasteiger charge is 2.45. The number of amides is 1. The maximum absolute atomic E-state index is 13.7. The molecule has 1 N–H and O–H groups in total. The molecule has 4 aromatic rings. The van der Waals surface area contributed by atoms with Gasteiger partial charge in [0.25, 0.3) is 5.91 Å².